The maximum atomic E-state index is 10.7. The van der Waals surface area contributed by atoms with E-state index in [1.807, 2.05) is 18.2 Å². The number of carboxylic acids is 1. The van der Waals surface area contributed by atoms with Gasteiger partial charge in [-0.2, -0.15) is 0 Å². The minimum absolute atomic E-state index is 0.105. The van der Waals surface area contributed by atoms with Crippen molar-refractivity contribution in [2.45, 2.75) is 12.5 Å². The SMILES string of the molecule is O=C(O)C1C=CC(Nc2ccncc2)C1. The van der Waals surface area contributed by atoms with Crippen molar-refractivity contribution < 1.29 is 9.90 Å². The van der Waals surface area contributed by atoms with Crippen molar-refractivity contribution in [2.24, 2.45) is 5.92 Å². The van der Waals surface area contributed by atoms with Gasteiger partial charge in [0.2, 0.25) is 0 Å². The molecule has 1 aliphatic carbocycles. The number of anilines is 1. The first-order chi connectivity index (χ1) is 7.25. The van der Waals surface area contributed by atoms with Crippen molar-refractivity contribution in [3.8, 4) is 0 Å². The topological polar surface area (TPSA) is 62.2 Å². The average Bonchev–Trinajstić information content (AvgIpc) is 2.68. The van der Waals surface area contributed by atoms with Crippen LogP contribution in [0, 0.1) is 5.92 Å². The van der Waals surface area contributed by atoms with Gasteiger partial charge in [0.25, 0.3) is 0 Å². The van der Waals surface area contributed by atoms with Crippen LogP contribution in [0.4, 0.5) is 5.69 Å². The standard InChI is InChI=1S/C11H12N2O2/c14-11(15)8-1-2-10(7-8)13-9-3-5-12-6-4-9/h1-6,8,10H,7H2,(H,12,13)(H,14,15). The van der Waals surface area contributed by atoms with Crippen LogP contribution < -0.4 is 5.32 Å². The van der Waals surface area contributed by atoms with Gasteiger partial charge in [-0.05, 0) is 18.6 Å². The molecule has 0 spiro atoms. The van der Waals surface area contributed by atoms with Gasteiger partial charge in [-0.1, -0.05) is 12.2 Å². The van der Waals surface area contributed by atoms with E-state index in [9.17, 15) is 4.79 Å². The summed E-state index contributed by atoms with van der Waals surface area (Å²) in [6.07, 6.45) is 7.66. The highest BCUT2D eigenvalue weighted by Crippen LogP contribution is 2.21. The van der Waals surface area contributed by atoms with E-state index in [-0.39, 0.29) is 12.0 Å². The third-order valence-corrected chi connectivity index (χ3v) is 2.43. The largest absolute Gasteiger partial charge is 0.481 e. The average molecular weight is 204 g/mol. The summed E-state index contributed by atoms with van der Waals surface area (Å²) >= 11 is 0. The van der Waals surface area contributed by atoms with Gasteiger partial charge < -0.3 is 10.4 Å². The van der Waals surface area contributed by atoms with Gasteiger partial charge in [0, 0.05) is 24.1 Å². The van der Waals surface area contributed by atoms with Crippen LogP contribution >= 0.6 is 0 Å². The fraction of sp³-hybridized carbons (Fsp3) is 0.273. The molecule has 2 N–H and O–H groups in total. The summed E-state index contributed by atoms with van der Waals surface area (Å²) in [5, 5.41) is 12.0. The van der Waals surface area contributed by atoms with Gasteiger partial charge in [-0.25, -0.2) is 0 Å². The summed E-state index contributed by atoms with van der Waals surface area (Å²) in [7, 11) is 0. The van der Waals surface area contributed by atoms with Gasteiger partial charge in [0.15, 0.2) is 0 Å². The number of carboxylic acid groups (broad SMARTS) is 1. The normalized spacial score (nSPS) is 24.0. The number of hydrogen-bond donors (Lipinski definition) is 2. The molecule has 0 saturated heterocycles. The summed E-state index contributed by atoms with van der Waals surface area (Å²) in [6, 6.07) is 3.83. The molecule has 1 aromatic heterocycles. The Hall–Kier alpha value is -1.84. The lowest BCUT2D eigenvalue weighted by atomic mass is 10.1. The van der Waals surface area contributed by atoms with E-state index in [4.69, 9.17) is 5.11 Å². The fourth-order valence-electron chi connectivity index (χ4n) is 1.65. The second-order valence-electron chi connectivity index (χ2n) is 3.55. The van der Waals surface area contributed by atoms with Crippen molar-refractivity contribution in [1.29, 1.82) is 0 Å². The molecule has 4 heteroatoms. The molecule has 2 unspecified atom stereocenters. The number of nitrogens with zero attached hydrogens (tertiary/aromatic N) is 1. The first-order valence-electron chi connectivity index (χ1n) is 4.83. The van der Waals surface area contributed by atoms with Crippen LogP contribution in [0.15, 0.2) is 36.7 Å². The molecule has 0 amide bonds. The smallest absolute Gasteiger partial charge is 0.310 e. The molecule has 1 aliphatic rings. The quantitative estimate of drug-likeness (QED) is 0.733. The molecule has 2 atom stereocenters. The minimum atomic E-state index is -0.759. The molecule has 0 radical (unpaired) electrons. The van der Waals surface area contributed by atoms with Crippen LogP contribution in [0.5, 0.6) is 0 Å². The number of rotatable bonds is 3. The molecule has 0 saturated carbocycles. The number of nitrogens with one attached hydrogen (secondary N) is 1. The summed E-state index contributed by atoms with van der Waals surface area (Å²) < 4.78 is 0. The molecule has 4 nitrogen and oxygen atoms in total. The first kappa shape index (κ1) is 9.71. The summed E-state index contributed by atoms with van der Waals surface area (Å²) in [5.74, 6) is -1.12. The van der Waals surface area contributed by atoms with E-state index in [1.54, 1.807) is 18.5 Å². The van der Waals surface area contributed by atoms with Crippen LogP contribution in [-0.4, -0.2) is 22.1 Å². The van der Waals surface area contributed by atoms with Gasteiger partial charge >= 0.3 is 5.97 Å². The second-order valence-corrected chi connectivity index (χ2v) is 3.55. The predicted molar refractivity (Wildman–Crippen MR) is 56.5 cm³/mol. The summed E-state index contributed by atoms with van der Waals surface area (Å²) in [5.41, 5.74) is 0.964. The van der Waals surface area contributed by atoms with Gasteiger partial charge in [-0.3, -0.25) is 9.78 Å². The van der Waals surface area contributed by atoms with E-state index >= 15 is 0 Å². The van der Waals surface area contributed by atoms with Crippen LogP contribution in [-0.2, 0) is 4.79 Å². The third-order valence-electron chi connectivity index (χ3n) is 2.43. The Morgan fingerprint density at radius 3 is 2.73 bits per heavy atom. The highest BCUT2D eigenvalue weighted by molar-refractivity contribution is 5.73. The fourth-order valence-corrected chi connectivity index (χ4v) is 1.65. The Labute approximate surface area is 87.7 Å². The number of hydrogen-bond acceptors (Lipinski definition) is 3. The number of pyridine rings is 1. The Balaban J connectivity index is 1.94. The summed E-state index contributed by atoms with van der Waals surface area (Å²) in [6.45, 7) is 0. The van der Waals surface area contributed by atoms with Crippen LogP contribution in [0.2, 0.25) is 0 Å². The van der Waals surface area contributed by atoms with E-state index in [0.29, 0.717) is 6.42 Å². The molecular weight excluding hydrogens is 192 g/mol. The molecule has 1 heterocycles. The van der Waals surface area contributed by atoms with Gasteiger partial charge in [0.05, 0.1) is 5.92 Å². The maximum Gasteiger partial charge on any atom is 0.310 e. The maximum absolute atomic E-state index is 10.7. The zero-order valence-electron chi connectivity index (χ0n) is 8.13. The molecule has 0 aromatic carbocycles. The molecule has 0 fully saturated rings. The second kappa shape index (κ2) is 4.13. The van der Waals surface area contributed by atoms with E-state index in [0.717, 1.165) is 5.69 Å². The van der Waals surface area contributed by atoms with E-state index < -0.39 is 5.97 Å². The van der Waals surface area contributed by atoms with Crippen molar-refractivity contribution in [2.75, 3.05) is 5.32 Å². The van der Waals surface area contributed by atoms with Crippen molar-refractivity contribution in [1.82, 2.24) is 4.98 Å². The highest BCUT2D eigenvalue weighted by Gasteiger charge is 2.23. The van der Waals surface area contributed by atoms with Crippen LogP contribution in [0.1, 0.15) is 6.42 Å². The van der Waals surface area contributed by atoms with Crippen molar-refractivity contribution in [3.05, 3.63) is 36.7 Å². The number of carbonyl (C=O) groups is 1. The minimum Gasteiger partial charge on any atom is -0.481 e. The molecule has 15 heavy (non-hydrogen) atoms. The molecule has 1 aromatic rings. The van der Waals surface area contributed by atoms with Crippen molar-refractivity contribution in [3.63, 3.8) is 0 Å². The molecule has 78 valence electrons. The lowest BCUT2D eigenvalue weighted by Crippen LogP contribution is -2.18. The van der Waals surface area contributed by atoms with Gasteiger partial charge in [0.1, 0.15) is 0 Å². The van der Waals surface area contributed by atoms with Crippen LogP contribution in [0.25, 0.3) is 0 Å². The zero-order valence-corrected chi connectivity index (χ0v) is 8.13. The van der Waals surface area contributed by atoms with E-state index in [2.05, 4.69) is 10.3 Å². The zero-order chi connectivity index (χ0) is 10.7. The molecule has 2 rings (SSSR count). The number of aliphatic carboxylic acids is 1. The Morgan fingerprint density at radius 1 is 1.40 bits per heavy atom. The molecular formula is C11H12N2O2. The monoisotopic (exact) mass is 204 g/mol. The third kappa shape index (κ3) is 2.34. The Kier molecular flexibility index (Phi) is 2.67. The van der Waals surface area contributed by atoms with Crippen LogP contribution in [0.3, 0.4) is 0 Å². The predicted octanol–water partition coefficient (Wildman–Crippen LogP) is 1.52. The molecule has 0 aliphatic heterocycles. The first-order valence-corrected chi connectivity index (χ1v) is 4.83. The Bertz CT molecular complexity index is 375. The van der Waals surface area contributed by atoms with E-state index in [1.165, 1.54) is 0 Å². The summed E-state index contributed by atoms with van der Waals surface area (Å²) in [4.78, 5) is 14.6. The highest BCUT2D eigenvalue weighted by atomic mass is 16.4. The lowest BCUT2D eigenvalue weighted by Gasteiger charge is -2.12. The van der Waals surface area contributed by atoms with Crippen molar-refractivity contribution >= 4 is 11.7 Å². The van der Waals surface area contributed by atoms with Gasteiger partial charge in [-0.15, -0.1) is 0 Å². The molecule has 0 bridgehead atoms. The number of aromatic nitrogens is 1. The lowest BCUT2D eigenvalue weighted by molar-refractivity contribution is -0.140. The Morgan fingerprint density at radius 2 is 2.13 bits per heavy atom.